The van der Waals surface area contributed by atoms with Crippen LogP contribution in [0.3, 0.4) is 0 Å². The van der Waals surface area contributed by atoms with Crippen LogP contribution in [0.4, 0.5) is 13.2 Å². The number of fused-ring (bicyclic) bond motifs is 1. The molecule has 9 heteroatoms. The minimum atomic E-state index is -5.08. The molecule has 27 heavy (non-hydrogen) atoms. The number of amides is 1. The molecule has 154 valence electrons. The first-order valence-electron chi connectivity index (χ1n) is 9.69. The minimum Gasteiger partial charge on any atom is -0.475 e. The van der Waals surface area contributed by atoms with E-state index < -0.39 is 12.1 Å². The number of hydrogen-bond donors (Lipinski definition) is 1. The Kier molecular flexibility index (Phi) is 6.30. The molecule has 0 aromatic heterocycles. The summed E-state index contributed by atoms with van der Waals surface area (Å²) in [6.45, 7) is 5.33. The Morgan fingerprint density at radius 3 is 2.44 bits per heavy atom. The van der Waals surface area contributed by atoms with Crippen molar-refractivity contribution in [2.24, 2.45) is 11.8 Å². The number of carboxylic acid groups (broad SMARTS) is 1. The Bertz CT molecular complexity index is 553. The first kappa shape index (κ1) is 20.4. The van der Waals surface area contributed by atoms with Gasteiger partial charge in [0, 0.05) is 39.2 Å². The van der Waals surface area contributed by atoms with Gasteiger partial charge in [-0.25, -0.2) is 4.79 Å². The molecule has 3 atom stereocenters. The molecular formula is C18H27F3N2O4. The van der Waals surface area contributed by atoms with Gasteiger partial charge in [0.25, 0.3) is 0 Å². The first-order valence-corrected chi connectivity index (χ1v) is 9.69. The number of rotatable bonds is 3. The van der Waals surface area contributed by atoms with Crippen LogP contribution in [0.5, 0.6) is 0 Å². The normalized spacial score (nSPS) is 31.9. The number of carbonyl (C=O) groups excluding carboxylic acids is 1. The Morgan fingerprint density at radius 2 is 1.89 bits per heavy atom. The van der Waals surface area contributed by atoms with Crippen molar-refractivity contribution >= 4 is 11.9 Å². The molecule has 4 rings (SSSR count). The predicted octanol–water partition coefficient (Wildman–Crippen LogP) is 2.13. The summed E-state index contributed by atoms with van der Waals surface area (Å²) >= 11 is 0. The third kappa shape index (κ3) is 5.34. The fourth-order valence-corrected chi connectivity index (χ4v) is 4.37. The molecule has 3 aliphatic heterocycles. The SMILES string of the molecule is O=C(O)C(F)(F)F.O=C1CCCN1[C@@H]1CN(CC2CC2)C[C@@H]2CCCO[C@@H]21. The number of carbonyl (C=O) groups is 2. The average molecular weight is 392 g/mol. The molecule has 3 heterocycles. The molecule has 1 amide bonds. The van der Waals surface area contributed by atoms with Crippen molar-refractivity contribution in [2.45, 2.75) is 56.8 Å². The maximum Gasteiger partial charge on any atom is 0.490 e. The molecule has 1 aliphatic carbocycles. The molecule has 1 N–H and O–H groups in total. The van der Waals surface area contributed by atoms with E-state index in [4.69, 9.17) is 14.6 Å². The lowest BCUT2D eigenvalue weighted by molar-refractivity contribution is -0.192. The fourth-order valence-electron chi connectivity index (χ4n) is 4.37. The number of halogens is 3. The highest BCUT2D eigenvalue weighted by atomic mass is 19.4. The Balaban J connectivity index is 0.000000260. The standard InChI is InChI=1S/C16H26N2O2.C2HF3O2/c19-15-4-1-7-18(15)14-11-17(9-12-5-6-12)10-13-3-2-8-20-16(13)14;3-2(4,5)1(6)7/h12-14,16H,1-11H2;(H,6,7)/t13-,14+,16-;/m0./s1. The summed E-state index contributed by atoms with van der Waals surface area (Å²) in [6.07, 6.45) is 2.30. The van der Waals surface area contributed by atoms with E-state index in [1.807, 2.05) is 0 Å². The highest BCUT2D eigenvalue weighted by molar-refractivity contribution is 5.78. The van der Waals surface area contributed by atoms with Crippen LogP contribution >= 0.6 is 0 Å². The minimum absolute atomic E-state index is 0.307. The number of hydrogen-bond acceptors (Lipinski definition) is 4. The van der Waals surface area contributed by atoms with Gasteiger partial charge in [-0.1, -0.05) is 0 Å². The lowest BCUT2D eigenvalue weighted by Gasteiger charge is -2.48. The number of likely N-dealkylation sites (tertiary alicyclic amines) is 2. The van der Waals surface area contributed by atoms with Gasteiger partial charge in [0.15, 0.2) is 0 Å². The molecular weight excluding hydrogens is 365 g/mol. The fraction of sp³-hybridized carbons (Fsp3) is 0.889. The topological polar surface area (TPSA) is 70.1 Å². The number of carboxylic acids is 1. The number of aliphatic carboxylic acids is 1. The van der Waals surface area contributed by atoms with Crippen LogP contribution in [-0.4, -0.2) is 77.9 Å². The first-order chi connectivity index (χ1) is 12.8. The number of nitrogens with zero attached hydrogens (tertiary/aromatic N) is 2. The maximum absolute atomic E-state index is 12.1. The van der Waals surface area contributed by atoms with Crippen molar-refractivity contribution in [2.75, 3.05) is 32.8 Å². The molecule has 0 spiro atoms. The predicted molar refractivity (Wildman–Crippen MR) is 90.1 cm³/mol. The van der Waals surface area contributed by atoms with Crippen molar-refractivity contribution in [3.8, 4) is 0 Å². The molecule has 1 saturated carbocycles. The van der Waals surface area contributed by atoms with Crippen LogP contribution < -0.4 is 0 Å². The van der Waals surface area contributed by atoms with Gasteiger partial charge in [0.1, 0.15) is 0 Å². The molecule has 4 aliphatic rings. The van der Waals surface area contributed by atoms with Gasteiger partial charge in [0.2, 0.25) is 5.91 Å². The largest absolute Gasteiger partial charge is 0.490 e. The van der Waals surface area contributed by atoms with E-state index in [0.717, 1.165) is 38.5 Å². The number of alkyl halides is 3. The Labute approximate surface area is 156 Å². The maximum atomic E-state index is 12.1. The van der Waals surface area contributed by atoms with Crippen LogP contribution in [0.2, 0.25) is 0 Å². The summed E-state index contributed by atoms with van der Waals surface area (Å²) in [5, 5.41) is 7.12. The molecule has 3 saturated heterocycles. The van der Waals surface area contributed by atoms with Crippen molar-refractivity contribution in [3.63, 3.8) is 0 Å². The van der Waals surface area contributed by atoms with Gasteiger partial charge in [-0.2, -0.15) is 13.2 Å². The van der Waals surface area contributed by atoms with Gasteiger partial charge in [-0.3, -0.25) is 4.79 Å². The lowest BCUT2D eigenvalue weighted by Crippen LogP contribution is -2.61. The van der Waals surface area contributed by atoms with Crippen molar-refractivity contribution < 1.29 is 32.6 Å². The van der Waals surface area contributed by atoms with Gasteiger partial charge < -0.3 is 19.6 Å². The van der Waals surface area contributed by atoms with Crippen LogP contribution in [0.25, 0.3) is 0 Å². The van der Waals surface area contributed by atoms with E-state index >= 15 is 0 Å². The summed E-state index contributed by atoms with van der Waals surface area (Å²) in [7, 11) is 0. The van der Waals surface area contributed by atoms with Crippen LogP contribution in [0.1, 0.15) is 38.5 Å². The van der Waals surface area contributed by atoms with Gasteiger partial charge in [0.05, 0.1) is 12.1 Å². The molecule has 0 aromatic rings. The van der Waals surface area contributed by atoms with E-state index in [0.29, 0.717) is 24.0 Å². The Hall–Kier alpha value is -1.35. The average Bonchev–Trinajstić information content (AvgIpc) is 3.32. The van der Waals surface area contributed by atoms with Crippen molar-refractivity contribution in [1.82, 2.24) is 9.80 Å². The number of ether oxygens (including phenoxy) is 1. The van der Waals surface area contributed by atoms with Gasteiger partial charge in [-0.05, 0) is 43.9 Å². The van der Waals surface area contributed by atoms with E-state index in [1.165, 1.54) is 38.8 Å². The third-order valence-electron chi connectivity index (χ3n) is 5.78. The molecule has 0 radical (unpaired) electrons. The zero-order valence-electron chi connectivity index (χ0n) is 15.3. The van der Waals surface area contributed by atoms with Gasteiger partial charge >= 0.3 is 12.1 Å². The molecule has 0 unspecified atom stereocenters. The zero-order valence-corrected chi connectivity index (χ0v) is 15.3. The van der Waals surface area contributed by atoms with Crippen LogP contribution in [0.15, 0.2) is 0 Å². The second kappa shape index (κ2) is 8.34. The second-order valence-electron chi connectivity index (χ2n) is 7.96. The summed E-state index contributed by atoms with van der Waals surface area (Å²) in [6, 6.07) is 0.322. The van der Waals surface area contributed by atoms with Crippen LogP contribution in [-0.2, 0) is 14.3 Å². The van der Waals surface area contributed by atoms with Crippen LogP contribution in [0, 0.1) is 11.8 Å². The highest BCUT2D eigenvalue weighted by Crippen LogP contribution is 2.36. The van der Waals surface area contributed by atoms with E-state index in [1.54, 1.807) is 0 Å². The molecule has 0 aromatic carbocycles. The summed E-state index contributed by atoms with van der Waals surface area (Å²) in [5.41, 5.74) is 0. The smallest absolute Gasteiger partial charge is 0.475 e. The summed E-state index contributed by atoms with van der Waals surface area (Å²) < 4.78 is 37.8. The molecule has 4 fully saturated rings. The Morgan fingerprint density at radius 1 is 1.19 bits per heavy atom. The monoisotopic (exact) mass is 392 g/mol. The van der Waals surface area contributed by atoms with E-state index in [2.05, 4.69) is 9.80 Å². The third-order valence-corrected chi connectivity index (χ3v) is 5.78. The lowest BCUT2D eigenvalue weighted by atomic mass is 9.84. The van der Waals surface area contributed by atoms with E-state index in [-0.39, 0.29) is 0 Å². The van der Waals surface area contributed by atoms with E-state index in [9.17, 15) is 18.0 Å². The highest BCUT2D eigenvalue weighted by Gasteiger charge is 2.45. The van der Waals surface area contributed by atoms with Crippen molar-refractivity contribution in [3.05, 3.63) is 0 Å². The molecule has 0 bridgehead atoms. The second-order valence-corrected chi connectivity index (χ2v) is 7.96. The number of piperidine rings is 1. The van der Waals surface area contributed by atoms with Crippen molar-refractivity contribution in [1.29, 1.82) is 0 Å². The quantitative estimate of drug-likeness (QED) is 0.797. The van der Waals surface area contributed by atoms with Gasteiger partial charge in [-0.15, -0.1) is 0 Å². The molecule has 6 nitrogen and oxygen atoms in total. The summed E-state index contributed by atoms with van der Waals surface area (Å²) in [4.78, 5) is 25.8. The summed E-state index contributed by atoms with van der Waals surface area (Å²) in [5.74, 6) is -0.815. The zero-order chi connectivity index (χ0) is 19.6.